The molecule has 0 spiro atoms. The second kappa shape index (κ2) is 12.3. The second-order valence-electron chi connectivity index (χ2n) is 7.69. The Morgan fingerprint density at radius 1 is 1.06 bits per heavy atom. The van der Waals surface area contributed by atoms with Crippen LogP contribution in [0, 0.1) is 0 Å². The Morgan fingerprint density at radius 3 is 2.27 bits per heavy atom. The van der Waals surface area contributed by atoms with Crippen LogP contribution < -0.4 is 9.62 Å². The number of para-hydroxylation sites is 1. The van der Waals surface area contributed by atoms with Gasteiger partial charge in [-0.05, 0) is 43.2 Å². The SMILES string of the molecule is CCCCNC(=O)C(C)N(Cc1ccc(Cl)cc1)C(=O)CN(c1ccccc1Cl)S(C)(=O)=O. The first-order chi connectivity index (χ1) is 15.5. The number of amides is 2. The average Bonchev–Trinajstić information content (AvgIpc) is 2.76. The van der Waals surface area contributed by atoms with Crippen LogP contribution in [-0.2, 0) is 26.2 Å². The first kappa shape index (κ1) is 27.0. The molecule has 0 aliphatic carbocycles. The van der Waals surface area contributed by atoms with E-state index in [1.54, 1.807) is 49.4 Å². The van der Waals surface area contributed by atoms with Gasteiger partial charge in [0.15, 0.2) is 0 Å². The molecule has 2 aromatic rings. The molecule has 7 nitrogen and oxygen atoms in total. The summed E-state index contributed by atoms with van der Waals surface area (Å²) in [5.74, 6) is -0.845. The Morgan fingerprint density at radius 2 is 1.70 bits per heavy atom. The van der Waals surface area contributed by atoms with E-state index in [4.69, 9.17) is 23.2 Å². The quantitative estimate of drug-likeness (QED) is 0.458. The summed E-state index contributed by atoms with van der Waals surface area (Å²) in [6, 6.07) is 12.5. The highest BCUT2D eigenvalue weighted by Gasteiger charge is 2.30. The van der Waals surface area contributed by atoms with Crippen LogP contribution in [0.3, 0.4) is 0 Å². The highest BCUT2D eigenvalue weighted by Crippen LogP contribution is 2.27. The fourth-order valence-electron chi connectivity index (χ4n) is 3.15. The first-order valence-corrected chi connectivity index (χ1v) is 13.2. The van der Waals surface area contributed by atoms with Crippen LogP contribution >= 0.6 is 23.2 Å². The van der Waals surface area contributed by atoms with Crippen molar-refractivity contribution in [2.75, 3.05) is 23.7 Å². The monoisotopic (exact) mass is 513 g/mol. The van der Waals surface area contributed by atoms with Crippen molar-refractivity contribution in [3.8, 4) is 0 Å². The van der Waals surface area contributed by atoms with E-state index in [0.717, 1.165) is 29.0 Å². The predicted molar refractivity (Wildman–Crippen MR) is 133 cm³/mol. The van der Waals surface area contributed by atoms with Gasteiger partial charge in [0.25, 0.3) is 0 Å². The summed E-state index contributed by atoms with van der Waals surface area (Å²) in [4.78, 5) is 27.5. The Bertz CT molecular complexity index is 1060. The minimum atomic E-state index is -3.83. The maximum Gasteiger partial charge on any atom is 0.244 e. The van der Waals surface area contributed by atoms with Crippen LogP contribution in [0.4, 0.5) is 5.69 Å². The fourth-order valence-corrected chi connectivity index (χ4v) is 4.43. The van der Waals surface area contributed by atoms with Gasteiger partial charge in [-0.2, -0.15) is 0 Å². The zero-order valence-electron chi connectivity index (χ0n) is 18.9. The van der Waals surface area contributed by atoms with Crippen molar-refractivity contribution in [1.29, 1.82) is 0 Å². The largest absolute Gasteiger partial charge is 0.354 e. The Labute approximate surface area is 205 Å². The highest BCUT2D eigenvalue weighted by atomic mass is 35.5. The lowest BCUT2D eigenvalue weighted by Gasteiger charge is -2.31. The Hall–Kier alpha value is -2.29. The van der Waals surface area contributed by atoms with Crippen molar-refractivity contribution in [1.82, 2.24) is 10.2 Å². The first-order valence-electron chi connectivity index (χ1n) is 10.6. The van der Waals surface area contributed by atoms with Crippen molar-refractivity contribution < 1.29 is 18.0 Å². The number of benzene rings is 2. The number of carbonyl (C=O) groups is 2. The molecular weight excluding hydrogens is 485 g/mol. The summed E-state index contributed by atoms with van der Waals surface area (Å²) in [6.07, 6.45) is 2.75. The molecule has 0 aromatic heterocycles. The zero-order valence-corrected chi connectivity index (χ0v) is 21.3. The summed E-state index contributed by atoms with van der Waals surface area (Å²) >= 11 is 12.2. The molecule has 1 atom stereocenters. The van der Waals surface area contributed by atoms with Crippen LogP contribution in [0.1, 0.15) is 32.3 Å². The van der Waals surface area contributed by atoms with Crippen molar-refractivity contribution >= 4 is 50.7 Å². The van der Waals surface area contributed by atoms with Crippen LogP contribution in [0.5, 0.6) is 0 Å². The Balaban J connectivity index is 2.34. The third-order valence-electron chi connectivity index (χ3n) is 5.06. The minimum Gasteiger partial charge on any atom is -0.354 e. The van der Waals surface area contributed by atoms with E-state index in [-0.39, 0.29) is 23.2 Å². The zero-order chi connectivity index (χ0) is 24.6. The number of hydrogen-bond acceptors (Lipinski definition) is 4. The third kappa shape index (κ3) is 7.91. The molecule has 1 N–H and O–H groups in total. The number of halogens is 2. The van der Waals surface area contributed by atoms with Crippen molar-refractivity contribution in [3.63, 3.8) is 0 Å². The number of carbonyl (C=O) groups excluding carboxylic acids is 2. The van der Waals surface area contributed by atoms with Gasteiger partial charge in [0.05, 0.1) is 17.0 Å². The molecule has 0 fully saturated rings. The average molecular weight is 514 g/mol. The van der Waals surface area contributed by atoms with Crippen LogP contribution in [0.25, 0.3) is 0 Å². The van der Waals surface area contributed by atoms with Crippen LogP contribution in [-0.4, -0.2) is 50.5 Å². The molecule has 0 saturated heterocycles. The van der Waals surface area contributed by atoms with Gasteiger partial charge in [-0.15, -0.1) is 0 Å². The number of sulfonamides is 1. The van der Waals surface area contributed by atoms with E-state index >= 15 is 0 Å². The van der Waals surface area contributed by atoms with Gasteiger partial charge in [-0.3, -0.25) is 13.9 Å². The van der Waals surface area contributed by atoms with Crippen molar-refractivity contribution in [2.45, 2.75) is 39.3 Å². The summed E-state index contributed by atoms with van der Waals surface area (Å²) in [5, 5.41) is 3.58. The molecule has 33 heavy (non-hydrogen) atoms. The van der Waals surface area contributed by atoms with Gasteiger partial charge in [-0.25, -0.2) is 8.42 Å². The fraction of sp³-hybridized carbons (Fsp3) is 0.391. The van der Waals surface area contributed by atoms with Gasteiger partial charge in [0.2, 0.25) is 21.8 Å². The minimum absolute atomic E-state index is 0.110. The van der Waals surface area contributed by atoms with Crippen LogP contribution in [0.2, 0.25) is 10.0 Å². The summed E-state index contributed by atoms with van der Waals surface area (Å²) in [6.45, 7) is 3.74. The van der Waals surface area contributed by atoms with Crippen molar-refractivity contribution in [2.24, 2.45) is 0 Å². The molecule has 0 radical (unpaired) electrons. The van der Waals surface area contributed by atoms with E-state index < -0.39 is 28.5 Å². The normalized spacial score (nSPS) is 12.2. The van der Waals surface area contributed by atoms with E-state index in [2.05, 4.69) is 5.32 Å². The molecule has 10 heteroatoms. The molecule has 0 heterocycles. The van der Waals surface area contributed by atoms with E-state index in [0.29, 0.717) is 11.6 Å². The van der Waals surface area contributed by atoms with E-state index in [1.807, 2.05) is 6.92 Å². The lowest BCUT2D eigenvalue weighted by molar-refractivity contribution is -0.139. The summed E-state index contributed by atoms with van der Waals surface area (Å²) in [5.41, 5.74) is 0.950. The van der Waals surface area contributed by atoms with E-state index in [9.17, 15) is 18.0 Å². The lowest BCUT2D eigenvalue weighted by atomic mass is 10.1. The number of nitrogens with zero attached hydrogens (tertiary/aromatic N) is 2. The molecule has 180 valence electrons. The molecular formula is C23H29Cl2N3O4S. The number of unbranched alkanes of at least 4 members (excludes halogenated alkanes) is 1. The standard InChI is InChI=1S/C23H29Cl2N3O4S/c1-4-5-14-26-23(30)17(2)27(15-18-10-12-19(24)13-11-18)22(29)16-28(33(3,31)32)21-9-7-6-8-20(21)25/h6-13,17H,4-5,14-16H2,1-3H3,(H,26,30). The summed E-state index contributed by atoms with van der Waals surface area (Å²) < 4.78 is 26.0. The highest BCUT2D eigenvalue weighted by molar-refractivity contribution is 7.92. The second-order valence-corrected chi connectivity index (χ2v) is 10.4. The molecule has 0 bridgehead atoms. The molecule has 1 unspecified atom stereocenters. The molecule has 2 amide bonds. The van der Waals surface area contributed by atoms with Gasteiger partial charge in [0.1, 0.15) is 12.6 Å². The lowest BCUT2D eigenvalue weighted by Crippen LogP contribution is -2.51. The van der Waals surface area contributed by atoms with Gasteiger partial charge < -0.3 is 10.2 Å². The maximum absolute atomic E-state index is 13.4. The third-order valence-corrected chi connectivity index (χ3v) is 6.76. The number of anilines is 1. The van der Waals surface area contributed by atoms with E-state index in [1.165, 1.54) is 11.0 Å². The van der Waals surface area contributed by atoms with Gasteiger partial charge in [0, 0.05) is 18.1 Å². The smallest absolute Gasteiger partial charge is 0.244 e. The molecule has 0 aliphatic heterocycles. The number of rotatable bonds is 11. The van der Waals surface area contributed by atoms with Crippen molar-refractivity contribution in [3.05, 3.63) is 64.1 Å². The van der Waals surface area contributed by atoms with Gasteiger partial charge >= 0.3 is 0 Å². The maximum atomic E-state index is 13.4. The topological polar surface area (TPSA) is 86.8 Å². The number of hydrogen-bond donors (Lipinski definition) is 1. The number of nitrogens with one attached hydrogen (secondary N) is 1. The molecule has 0 aliphatic rings. The Kier molecular flexibility index (Phi) is 10.0. The van der Waals surface area contributed by atoms with Gasteiger partial charge in [-0.1, -0.05) is 60.8 Å². The molecule has 2 rings (SSSR count). The predicted octanol–water partition coefficient (Wildman–Crippen LogP) is 4.09. The molecule has 0 saturated carbocycles. The molecule has 2 aromatic carbocycles. The van der Waals surface area contributed by atoms with Crippen LogP contribution in [0.15, 0.2) is 48.5 Å². The summed E-state index contributed by atoms with van der Waals surface area (Å²) in [7, 11) is -3.83.